The molecule has 1 unspecified atom stereocenters. The summed E-state index contributed by atoms with van der Waals surface area (Å²) in [5.74, 6) is 1.02. The number of nitrogens with one attached hydrogen (secondary N) is 1. The molecule has 0 saturated carbocycles. The monoisotopic (exact) mass is 275 g/mol. The van der Waals surface area contributed by atoms with Gasteiger partial charge in [0.1, 0.15) is 0 Å². The fraction of sp³-hybridized carbons (Fsp3) is 0.733. The van der Waals surface area contributed by atoms with Crippen LogP contribution >= 0.6 is 0 Å². The Morgan fingerprint density at radius 3 is 3.00 bits per heavy atom. The molecule has 1 aromatic heterocycles. The van der Waals surface area contributed by atoms with Crippen molar-refractivity contribution in [2.45, 2.75) is 19.8 Å². The first-order valence-electron chi connectivity index (χ1n) is 7.71. The minimum Gasteiger partial charge on any atom is -0.354 e. The van der Waals surface area contributed by atoms with Gasteiger partial charge in [-0.25, -0.2) is 0 Å². The smallest absolute Gasteiger partial charge is 0.151 e. The van der Waals surface area contributed by atoms with Gasteiger partial charge in [0.15, 0.2) is 5.82 Å². The van der Waals surface area contributed by atoms with Gasteiger partial charge in [-0.3, -0.25) is 0 Å². The second kappa shape index (κ2) is 6.06. The molecule has 1 aromatic rings. The molecule has 0 aromatic carbocycles. The van der Waals surface area contributed by atoms with Crippen molar-refractivity contribution >= 4 is 5.82 Å². The zero-order valence-corrected chi connectivity index (χ0v) is 12.4. The van der Waals surface area contributed by atoms with E-state index in [-0.39, 0.29) is 0 Å². The van der Waals surface area contributed by atoms with Crippen LogP contribution in [-0.4, -0.2) is 60.9 Å². The number of hydrogen-bond donors (Lipinski definition) is 1. The third-order valence-electron chi connectivity index (χ3n) is 4.53. The standard InChI is InChI=1S/C15H25N5/c1-15(5-7-16-12-15)13-19-8-3-9-20(11-10-19)14-4-2-6-17-18-14/h2,4,6,16H,3,5,7-13H2,1H3. The van der Waals surface area contributed by atoms with Crippen molar-refractivity contribution in [2.24, 2.45) is 5.41 Å². The Morgan fingerprint density at radius 1 is 1.30 bits per heavy atom. The summed E-state index contributed by atoms with van der Waals surface area (Å²) in [5, 5.41) is 11.7. The summed E-state index contributed by atoms with van der Waals surface area (Å²) in [5.41, 5.74) is 0.460. The normalized spacial score (nSPS) is 28.6. The Hall–Kier alpha value is -1.20. The fourth-order valence-corrected chi connectivity index (χ4v) is 3.36. The number of aromatic nitrogens is 2. The van der Waals surface area contributed by atoms with E-state index >= 15 is 0 Å². The van der Waals surface area contributed by atoms with Gasteiger partial charge >= 0.3 is 0 Å². The van der Waals surface area contributed by atoms with Crippen LogP contribution in [0.15, 0.2) is 18.3 Å². The van der Waals surface area contributed by atoms with Crippen molar-refractivity contribution in [3.8, 4) is 0 Å². The molecule has 0 spiro atoms. The van der Waals surface area contributed by atoms with Gasteiger partial charge in [0, 0.05) is 38.9 Å². The van der Waals surface area contributed by atoms with Gasteiger partial charge in [-0.15, -0.1) is 5.10 Å². The third-order valence-corrected chi connectivity index (χ3v) is 4.53. The minimum absolute atomic E-state index is 0.460. The van der Waals surface area contributed by atoms with Gasteiger partial charge in [-0.05, 0) is 43.5 Å². The molecule has 1 N–H and O–H groups in total. The lowest BCUT2D eigenvalue weighted by atomic mass is 9.89. The van der Waals surface area contributed by atoms with Crippen molar-refractivity contribution < 1.29 is 0 Å². The van der Waals surface area contributed by atoms with Gasteiger partial charge < -0.3 is 15.1 Å². The number of rotatable bonds is 3. The van der Waals surface area contributed by atoms with Gasteiger partial charge in [0.25, 0.3) is 0 Å². The summed E-state index contributed by atoms with van der Waals surface area (Å²) in [6.07, 6.45) is 4.25. The second-order valence-corrected chi connectivity index (χ2v) is 6.44. The quantitative estimate of drug-likeness (QED) is 0.891. The Balaban J connectivity index is 1.57. The van der Waals surface area contributed by atoms with Crippen LogP contribution < -0.4 is 10.2 Å². The molecule has 2 saturated heterocycles. The molecule has 20 heavy (non-hydrogen) atoms. The number of nitrogens with zero attached hydrogens (tertiary/aromatic N) is 4. The molecular weight excluding hydrogens is 250 g/mol. The maximum atomic E-state index is 4.23. The van der Waals surface area contributed by atoms with E-state index < -0.39 is 0 Å². The summed E-state index contributed by atoms with van der Waals surface area (Å²) in [6.45, 7) is 10.4. The lowest BCUT2D eigenvalue weighted by Crippen LogP contribution is -2.39. The third kappa shape index (κ3) is 3.27. The highest BCUT2D eigenvalue weighted by molar-refractivity contribution is 5.36. The summed E-state index contributed by atoms with van der Waals surface area (Å²) < 4.78 is 0. The van der Waals surface area contributed by atoms with Crippen molar-refractivity contribution in [3.05, 3.63) is 18.3 Å². The van der Waals surface area contributed by atoms with Gasteiger partial charge in [-0.1, -0.05) is 6.92 Å². The second-order valence-electron chi connectivity index (χ2n) is 6.44. The average molecular weight is 275 g/mol. The van der Waals surface area contributed by atoms with E-state index in [0.29, 0.717) is 5.41 Å². The zero-order valence-electron chi connectivity index (χ0n) is 12.4. The Bertz CT molecular complexity index is 416. The van der Waals surface area contributed by atoms with Crippen molar-refractivity contribution in [1.29, 1.82) is 0 Å². The maximum Gasteiger partial charge on any atom is 0.151 e. The number of hydrogen-bond acceptors (Lipinski definition) is 5. The van der Waals surface area contributed by atoms with Gasteiger partial charge in [0.05, 0.1) is 0 Å². The molecule has 1 atom stereocenters. The SMILES string of the molecule is CC1(CN2CCCN(c3cccnn3)CC2)CCNC1. The molecular formula is C15H25N5. The lowest BCUT2D eigenvalue weighted by Gasteiger charge is -2.31. The lowest BCUT2D eigenvalue weighted by molar-refractivity contribution is 0.187. The Kier molecular flexibility index (Phi) is 4.17. The number of anilines is 1. The predicted octanol–water partition coefficient (Wildman–Crippen LogP) is 0.988. The molecule has 2 aliphatic heterocycles. The summed E-state index contributed by atoms with van der Waals surface area (Å²) >= 11 is 0. The van der Waals surface area contributed by atoms with E-state index in [1.807, 2.05) is 6.07 Å². The maximum absolute atomic E-state index is 4.23. The van der Waals surface area contributed by atoms with E-state index in [2.05, 4.69) is 38.3 Å². The molecule has 2 fully saturated rings. The Morgan fingerprint density at radius 2 is 2.25 bits per heavy atom. The van der Waals surface area contributed by atoms with Crippen molar-refractivity contribution in [2.75, 3.05) is 50.7 Å². The van der Waals surface area contributed by atoms with E-state index in [1.54, 1.807) is 6.20 Å². The van der Waals surface area contributed by atoms with Gasteiger partial charge in [-0.2, -0.15) is 5.10 Å². The van der Waals surface area contributed by atoms with Crippen molar-refractivity contribution in [3.63, 3.8) is 0 Å². The summed E-state index contributed by atoms with van der Waals surface area (Å²) in [6, 6.07) is 4.03. The molecule has 3 rings (SSSR count). The highest BCUT2D eigenvalue weighted by Crippen LogP contribution is 2.26. The molecule has 5 heteroatoms. The van der Waals surface area contributed by atoms with Gasteiger partial charge in [0.2, 0.25) is 0 Å². The molecule has 3 heterocycles. The van der Waals surface area contributed by atoms with Crippen LogP contribution in [0.4, 0.5) is 5.82 Å². The van der Waals surface area contributed by atoms with E-state index in [0.717, 1.165) is 32.0 Å². The zero-order chi connectivity index (χ0) is 13.8. The molecule has 2 aliphatic rings. The average Bonchev–Trinajstić information content (AvgIpc) is 2.76. The molecule has 0 aliphatic carbocycles. The molecule has 0 radical (unpaired) electrons. The van der Waals surface area contributed by atoms with Crippen LogP contribution in [0.1, 0.15) is 19.8 Å². The highest BCUT2D eigenvalue weighted by atomic mass is 15.3. The Labute approximate surface area is 121 Å². The summed E-state index contributed by atoms with van der Waals surface area (Å²) in [4.78, 5) is 4.99. The first kappa shape index (κ1) is 13.8. The molecule has 0 amide bonds. The first-order valence-corrected chi connectivity index (χ1v) is 7.71. The van der Waals surface area contributed by atoms with E-state index in [4.69, 9.17) is 0 Å². The van der Waals surface area contributed by atoms with E-state index in [1.165, 1.54) is 32.5 Å². The predicted molar refractivity (Wildman–Crippen MR) is 80.9 cm³/mol. The topological polar surface area (TPSA) is 44.3 Å². The van der Waals surface area contributed by atoms with Crippen molar-refractivity contribution in [1.82, 2.24) is 20.4 Å². The molecule has 5 nitrogen and oxygen atoms in total. The van der Waals surface area contributed by atoms with Crippen LogP contribution in [0, 0.1) is 5.41 Å². The largest absolute Gasteiger partial charge is 0.354 e. The molecule has 0 bridgehead atoms. The van der Waals surface area contributed by atoms with Crippen LogP contribution in [0.3, 0.4) is 0 Å². The van der Waals surface area contributed by atoms with Crippen LogP contribution in [-0.2, 0) is 0 Å². The van der Waals surface area contributed by atoms with E-state index in [9.17, 15) is 0 Å². The first-order chi connectivity index (χ1) is 9.75. The minimum atomic E-state index is 0.460. The van der Waals surface area contributed by atoms with Crippen LogP contribution in [0.2, 0.25) is 0 Å². The van der Waals surface area contributed by atoms with Crippen LogP contribution in [0.25, 0.3) is 0 Å². The fourth-order valence-electron chi connectivity index (χ4n) is 3.36. The molecule has 110 valence electrons. The highest BCUT2D eigenvalue weighted by Gasteiger charge is 2.31. The van der Waals surface area contributed by atoms with Crippen LogP contribution in [0.5, 0.6) is 0 Å². The summed E-state index contributed by atoms with van der Waals surface area (Å²) in [7, 11) is 0.